The quantitative estimate of drug-likeness (QED) is 0.227. The van der Waals surface area contributed by atoms with Crippen molar-refractivity contribution in [2.75, 3.05) is 23.8 Å². The second-order valence-electron chi connectivity index (χ2n) is 8.81. The van der Waals surface area contributed by atoms with E-state index in [4.69, 9.17) is 14.1 Å². The van der Waals surface area contributed by atoms with Crippen LogP contribution in [-0.2, 0) is 9.47 Å². The molecule has 1 atom stereocenters. The fourth-order valence-corrected chi connectivity index (χ4v) is 3.61. The van der Waals surface area contributed by atoms with Crippen LogP contribution in [0, 0.1) is 5.82 Å². The predicted molar refractivity (Wildman–Crippen MR) is 121 cm³/mol. The summed E-state index contributed by atoms with van der Waals surface area (Å²) in [5, 5.41) is 26.2. The van der Waals surface area contributed by atoms with E-state index in [-0.39, 0.29) is 41.0 Å². The smallest absolute Gasteiger partial charge is 0.412 e. The molecule has 1 saturated heterocycles. The number of carbonyl (C=O) groups excluding carboxylic acids is 1. The molecule has 2 heterocycles. The molecule has 0 aliphatic carbocycles. The number of ether oxygens (including phenoxy) is 2. The molecule has 1 aromatic heterocycles. The van der Waals surface area contributed by atoms with Gasteiger partial charge in [-0.2, -0.15) is 0 Å². The Morgan fingerprint density at radius 2 is 2.15 bits per heavy atom. The van der Waals surface area contributed by atoms with Crippen LogP contribution in [0.4, 0.5) is 20.7 Å². The molecule has 1 aromatic carbocycles. The summed E-state index contributed by atoms with van der Waals surface area (Å²) in [6.07, 6.45) is -0.503. The molecule has 1 aliphatic rings. The summed E-state index contributed by atoms with van der Waals surface area (Å²) >= 11 is 3.10. The van der Waals surface area contributed by atoms with Crippen LogP contribution in [0.25, 0.3) is 0 Å². The lowest BCUT2D eigenvalue weighted by Gasteiger charge is -2.35. The molecule has 3 N–H and O–H groups in total. The van der Waals surface area contributed by atoms with Gasteiger partial charge in [0, 0.05) is 12.2 Å². The number of nitrogens with one attached hydrogen (secondary N) is 2. The molecule has 0 spiro atoms. The third-order valence-electron chi connectivity index (χ3n) is 4.66. The van der Waals surface area contributed by atoms with Crippen LogP contribution in [0.5, 0.6) is 0 Å². The van der Waals surface area contributed by atoms with Crippen LogP contribution < -0.4 is 10.6 Å². The molecule has 13 heteroatoms. The number of carbonyl (C=O) groups is 1. The maximum Gasteiger partial charge on any atom is 0.412 e. The highest BCUT2D eigenvalue weighted by atomic mass is 79.9. The van der Waals surface area contributed by atoms with E-state index in [2.05, 4.69) is 42.0 Å². The zero-order chi connectivity index (χ0) is 24.4. The van der Waals surface area contributed by atoms with Gasteiger partial charge in [-0.05, 0) is 79.1 Å². The Kier molecular flexibility index (Phi) is 7.12. The van der Waals surface area contributed by atoms with Crippen molar-refractivity contribution in [1.29, 1.82) is 0 Å². The number of amides is 1. The largest absolute Gasteiger partial charge is 0.444 e. The summed E-state index contributed by atoms with van der Waals surface area (Å²) in [5.41, 5.74) is -1.01. The summed E-state index contributed by atoms with van der Waals surface area (Å²) in [4.78, 5) is 14.3. The van der Waals surface area contributed by atoms with Crippen molar-refractivity contribution in [3.8, 4) is 0 Å². The topological polar surface area (TPSA) is 134 Å². The minimum absolute atomic E-state index is 0.0794. The number of halogens is 2. The second kappa shape index (κ2) is 9.51. The van der Waals surface area contributed by atoms with E-state index in [0.717, 1.165) is 0 Å². The third kappa shape index (κ3) is 5.90. The summed E-state index contributed by atoms with van der Waals surface area (Å²) in [5.74, 6) is -0.348. The standard InChI is InChI=1S/C20H26BrFN6O5/c1-19(2,3)32-18(29)28-12(10-31-20(28,4)5)9-23-16-15(26-33-27-16)17(25-30)24-11-6-7-14(22)13(21)8-11/h6-8,12,30H,9-10H2,1-5H3,(H,23,27)(H,24,25). The Balaban J connectivity index is 1.73. The molecule has 1 amide bonds. The highest BCUT2D eigenvalue weighted by Gasteiger charge is 2.45. The summed E-state index contributed by atoms with van der Waals surface area (Å²) in [6, 6.07) is 3.80. The number of rotatable bonds is 5. The SMILES string of the molecule is CC(C)(C)OC(=O)N1C(CNc2nonc2C(=NO)Nc2ccc(F)c(Br)c2)COC1(C)C. The number of benzene rings is 1. The fourth-order valence-electron chi connectivity index (χ4n) is 3.23. The highest BCUT2D eigenvalue weighted by molar-refractivity contribution is 9.10. The predicted octanol–water partition coefficient (Wildman–Crippen LogP) is 4.00. The number of amidine groups is 1. The van der Waals surface area contributed by atoms with E-state index in [1.54, 1.807) is 34.6 Å². The molecule has 0 bridgehead atoms. The Labute approximate surface area is 198 Å². The first-order valence-electron chi connectivity index (χ1n) is 10.1. The molecule has 3 rings (SSSR count). The van der Waals surface area contributed by atoms with Gasteiger partial charge in [0.1, 0.15) is 17.1 Å². The number of hydrogen-bond donors (Lipinski definition) is 3. The van der Waals surface area contributed by atoms with Crippen molar-refractivity contribution >= 4 is 39.4 Å². The lowest BCUT2D eigenvalue weighted by molar-refractivity contribution is -0.0620. The maximum absolute atomic E-state index is 13.5. The first kappa shape index (κ1) is 24.7. The molecule has 33 heavy (non-hydrogen) atoms. The molecular formula is C20H26BrFN6O5. The van der Waals surface area contributed by atoms with Crippen LogP contribution >= 0.6 is 15.9 Å². The number of hydrogen-bond acceptors (Lipinski definition) is 9. The molecule has 1 fully saturated rings. The zero-order valence-electron chi connectivity index (χ0n) is 18.8. The van der Waals surface area contributed by atoms with E-state index in [9.17, 15) is 14.4 Å². The van der Waals surface area contributed by atoms with Gasteiger partial charge < -0.3 is 25.3 Å². The van der Waals surface area contributed by atoms with Crippen LogP contribution in [-0.4, -0.2) is 62.9 Å². The van der Waals surface area contributed by atoms with Gasteiger partial charge in [-0.25, -0.2) is 13.8 Å². The van der Waals surface area contributed by atoms with Crippen molar-refractivity contribution in [2.24, 2.45) is 5.16 Å². The Bertz CT molecular complexity index is 1040. The first-order chi connectivity index (χ1) is 15.4. The minimum Gasteiger partial charge on any atom is -0.444 e. The van der Waals surface area contributed by atoms with Crippen molar-refractivity contribution in [1.82, 2.24) is 15.2 Å². The van der Waals surface area contributed by atoms with Gasteiger partial charge in [0.05, 0.1) is 17.1 Å². The number of aromatic nitrogens is 2. The van der Waals surface area contributed by atoms with Gasteiger partial charge in [0.15, 0.2) is 5.69 Å². The Morgan fingerprint density at radius 3 is 2.79 bits per heavy atom. The average molecular weight is 529 g/mol. The van der Waals surface area contributed by atoms with E-state index in [0.29, 0.717) is 5.69 Å². The summed E-state index contributed by atoms with van der Waals surface area (Å²) in [6.45, 7) is 9.42. The second-order valence-corrected chi connectivity index (χ2v) is 9.66. The molecule has 11 nitrogen and oxygen atoms in total. The van der Waals surface area contributed by atoms with Gasteiger partial charge in [-0.15, -0.1) is 0 Å². The molecule has 0 saturated carbocycles. The van der Waals surface area contributed by atoms with Gasteiger partial charge in [0.2, 0.25) is 11.7 Å². The van der Waals surface area contributed by atoms with Crippen LogP contribution in [0.15, 0.2) is 32.5 Å². The van der Waals surface area contributed by atoms with Crippen LogP contribution in [0.2, 0.25) is 0 Å². The monoisotopic (exact) mass is 528 g/mol. The first-order valence-corrected chi connectivity index (χ1v) is 10.9. The van der Waals surface area contributed by atoms with Gasteiger partial charge in [0.25, 0.3) is 0 Å². The lowest BCUT2D eigenvalue weighted by atomic mass is 10.2. The van der Waals surface area contributed by atoms with Crippen molar-refractivity contribution in [3.63, 3.8) is 0 Å². The van der Waals surface area contributed by atoms with Gasteiger partial charge in [-0.1, -0.05) is 5.16 Å². The van der Waals surface area contributed by atoms with Crippen LogP contribution in [0.1, 0.15) is 40.3 Å². The van der Waals surface area contributed by atoms with E-state index in [1.165, 1.54) is 23.1 Å². The van der Waals surface area contributed by atoms with Crippen LogP contribution in [0.3, 0.4) is 0 Å². The minimum atomic E-state index is -0.866. The zero-order valence-corrected chi connectivity index (χ0v) is 20.4. The van der Waals surface area contributed by atoms with Crippen molar-refractivity contribution in [3.05, 3.63) is 34.2 Å². The summed E-state index contributed by atoms with van der Waals surface area (Å²) < 4.78 is 29.8. The van der Waals surface area contributed by atoms with E-state index >= 15 is 0 Å². The summed E-state index contributed by atoms with van der Waals surface area (Å²) in [7, 11) is 0. The average Bonchev–Trinajstić information content (AvgIpc) is 3.29. The lowest BCUT2D eigenvalue weighted by Crippen LogP contribution is -2.51. The molecule has 1 aliphatic heterocycles. The molecule has 180 valence electrons. The van der Waals surface area contributed by atoms with Gasteiger partial charge in [-0.3, -0.25) is 4.90 Å². The van der Waals surface area contributed by atoms with Crippen molar-refractivity contribution in [2.45, 2.75) is 52.0 Å². The Hall–Kier alpha value is -2.93. The van der Waals surface area contributed by atoms with Crippen molar-refractivity contribution < 1.29 is 28.5 Å². The molecule has 2 aromatic rings. The molecular weight excluding hydrogens is 503 g/mol. The normalized spacial score (nSPS) is 18.3. The maximum atomic E-state index is 13.5. The molecule has 1 unspecified atom stereocenters. The number of anilines is 2. The van der Waals surface area contributed by atoms with Gasteiger partial charge >= 0.3 is 6.09 Å². The fraction of sp³-hybridized carbons (Fsp3) is 0.500. The third-order valence-corrected chi connectivity index (χ3v) is 5.27. The van der Waals surface area contributed by atoms with E-state index in [1.807, 2.05) is 0 Å². The Morgan fingerprint density at radius 1 is 1.42 bits per heavy atom. The number of oxime groups is 1. The molecule has 0 radical (unpaired) electrons. The van der Waals surface area contributed by atoms with E-state index < -0.39 is 23.2 Å². The highest BCUT2D eigenvalue weighted by Crippen LogP contribution is 2.30. The number of nitrogens with zero attached hydrogens (tertiary/aromatic N) is 4.